The Bertz CT molecular complexity index is 615. The van der Waals surface area contributed by atoms with Crippen LogP contribution in [0, 0.1) is 0 Å². The predicted molar refractivity (Wildman–Crippen MR) is 90.9 cm³/mol. The highest BCUT2D eigenvalue weighted by molar-refractivity contribution is 6.30. The number of hydrogen-bond donors (Lipinski definition) is 2. The second kappa shape index (κ2) is 8.65. The number of carbonyl (C=O) groups excluding carboxylic acids is 3. The first kappa shape index (κ1) is 18.2. The minimum absolute atomic E-state index is 0.0384. The summed E-state index contributed by atoms with van der Waals surface area (Å²) < 4.78 is 0. The number of likely N-dealkylation sites (N-methyl/N-ethyl adjacent to an activating group) is 1. The van der Waals surface area contributed by atoms with E-state index in [9.17, 15) is 14.4 Å². The molecule has 1 saturated heterocycles. The Morgan fingerprint density at radius 2 is 1.88 bits per heavy atom. The van der Waals surface area contributed by atoms with E-state index in [1.54, 1.807) is 36.2 Å². The van der Waals surface area contributed by atoms with Crippen molar-refractivity contribution in [3.05, 3.63) is 34.9 Å². The van der Waals surface area contributed by atoms with Crippen molar-refractivity contribution in [2.75, 3.05) is 46.3 Å². The van der Waals surface area contributed by atoms with Crippen molar-refractivity contribution in [3.8, 4) is 0 Å². The molecule has 7 nitrogen and oxygen atoms in total. The van der Waals surface area contributed by atoms with Gasteiger partial charge in [-0.2, -0.15) is 0 Å². The van der Waals surface area contributed by atoms with Gasteiger partial charge in [0.15, 0.2) is 0 Å². The molecule has 0 saturated carbocycles. The standard InChI is InChI=1S/C16H21ClN4O3/c1-18-14(22)11-20-5-7-21(8-6-20)15(23)10-19-16(24)12-3-2-4-13(17)9-12/h2-4,9H,5-8,10-11H2,1H3,(H,18,22)(H,19,24). The third kappa shape index (κ3) is 5.21. The summed E-state index contributed by atoms with van der Waals surface area (Å²) in [6.45, 7) is 2.65. The summed E-state index contributed by atoms with van der Waals surface area (Å²) in [6, 6.07) is 6.56. The van der Waals surface area contributed by atoms with Crippen molar-refractivity contribution in [2.24, 2.45) is 0 Å². The Hall–Kier alpha value is -2.12. The molecule has 1 aromatic carbocycles. The molecule has 0 atom stereocenters. The molecule has 0 spiro atoms. The van der Waals surface area contributed by atoms with Crippen molar-refractivity contribution in [2.45, 2.75) is 0 Å². The van der Waals surface area contributed by atoms with Crippen LogP contribution in [0.5, 0.6) is 0 Å². The molecular weight excluding hydrogens is 332 g/mol. The molecule has 2 N–H and O–H groups in total. The minimum Gasteiger partial charge on any atom is -0.358 e. The van der Waals surface area contributed by atoms with Gasteiger partial charge in [0.05, 0.1) is 13.1 Å². The SMILES string of the molecule is CNC(=O)CN1CCN(C(=O)CNC(=O)c2cccc(Cl)c2)CC1. The van der Waals surface area contributed by atoms with Crippen LogP contribution in [0.2, 0.25) is 5.02 Å². The molecule has 1 aliphatic rings. The van der Waals surface area contributed by atoms with E-state index in [-0.39, 0.29) is 24.3 Å². The Balaban J connectivity index is 1.75. The summed E-state index contributed by atoms with van der Waals surface area (Å²) in [4.78, 5) is 39.2. The number of carbonyl (C=O) groups is 3. The van der Waals surface area contributed by atoms with Gasteiger partial charge in [0.1, 0.15) is 0 Å². The lowest BCUT2D eigenvalue weighted by Crippen LogP contribution is -2.52. The van der Waals surface area contributed by atoms with Crippen LogP contribution in [-0.2, 0) is 9.59 Å². The number of amides is 3. The summed E-state index contributed by atoms with van der Waals surface area (Å²) in [5.74, 6) is -0.502. The van der Waals surface area contributed by atoms with E-state index >= 15 is 0 Å². The zero-order chi connectivity index (χ0) is 17.5. The summed E-state index contributed by atoms with van der Waals surface area (Å²) in [6.07, 6.45) is 0. The fourth-order valence-corrected chi connectivity index (χ4v) is 2.63. The lowest BCUT2D eigenvalue weighted by molar-refractivity contribution is -0.132. The van der Waals surface area contributed by atoms with Crippen LogP contribution in [0.4, 0.5) is 0 Å². The highest BCUT2D eigenvalue weighted by Crippen LogP contribution is 2.10. The average molecular weight is 353 g/mol. The highest BCUT2D eigenvalue weighted by atomic mass is 35.5. The normalized spacial score (nSPS) is 15.0. The molecule has 8 heteroatoms. The largest absolute Gasteiger partial charge is 0.358 e. The van der Waals surface area contributed by atoms with Crippen molar-refractivity contribution in [3.63, 3.8) is 0 Å². The van der Waals surface area contributed by atoms with Crippen LogP contribution in [0.25, 0.3) is 0 Å². The van der Waals surface area contributed by atoms with Gasteiger partial charge >= 0.3 is 0 Å². The first-order valence-electron chi connectivity index (χ1n) is 7.74. The minimum atomic E-state index is -0.330. The number of nitrogens with one attached hydrogen (secondary N) is 2. The molecule has 0 aliphatic carbocycles. The molecule has 24 heavy (non-hydrogen) atoms. The highest BCUT2D eigenvalue weighted by Gasteiger charge is 2.22. The molecule has 2 rings (SSSR count). The van der Waals surface area contributed by atoms with Gasteiger partial charge in [-0.15, -0.1) is 0 Å². The summed E-state index contributed by atoms with van der Waals surface area (Å²) in [5, 5.41) is 5.66. The first-order chi connectivity index (χ1) is 11.5. The van der Waals surface area contributed by atoms with Crippen LogP contribution >= 0.6 is 11.6 Å². The third-order valence-electron chi connectivity index (χ3n) is 3.86. The van der Waals surface area contributed by atoms with Gasteiger partial charge in [-0.1, -0.05) is 17.7 Å². The van der Waals surface area contributed by atoms with Crippen LogP contribution in [0.15, 0.2) is 24.3 Å². The molecule has 130 valence electrons. The molecule has 1 heterocycles. The van der Waals surface area contributed by atoms with E-state index in [0.717, 1.165) is 0 Å². The van der Waals surface area contributed by atoms with Gasteiger partial charge in [0.25, 0.3) is 5.91 Å². The third-order valence-corrected chi connectivity index (χ3v) is 4.09. The molecule has 0 bridgehead atoms. The van der Waals surface area contributed by atoms with Crippen LogP contribution in [-0.4, -0.2) is 73.8 Å². The van der Waals surface area contributed by atoms with Crippen molar-refractivity contribution < 1.29 is 14.4 Å². The molecule has 1 aromatic rings. The van der Waals surface area contributed by atoms with Crippen LogP contribution < -0.4 is 10.6 Å². The van der Waals surface area contributed by atoms with Gasteiger partial charge in [-0.3, -0.25) is 19.3 Å². The number of rotatable bonds is 5. The quantitative estimate of drug-likeness (QED) is 0.779. The summed E-state index contributed by atoms with van der Waals surface area (Å²) in [5.41, 5.74) is 0.422. The van der Waals surface area contributed by atoms with Gasteiger partial charge in [0, 0.05) is 43.8 Å². The van der Waals surface area contributed by atoms with E-state index < -0.39 is 0 Å². The second-order valence-corrected chi connectivity index (χ2v) is 5.96. The molecule has 0 unspecified atom stereocenters. The van der Waals surface area contributed by atoms with Crippen molar-refractivity contribution >= 4 is 29.3 Å². The average Bonchev–Trinajstić information content (AvgIpc) is 2.59. The fraction of sp³-hybridized carbons (Fsp3) is 0.438. The van der Waals surface area contributed by atoms with Crippen molar-refractivity contribution in [1.29, 1.82) is 0 Å². The number of benzene rings is 1. The van der Waals surface area contributed by atoms with E-state index in [4.69, 9.17) is 11.6 Å². The van der Waals surface area contributed by atoms with E-state index in [2.05, 4.69) is 10.6 Å². The maximum Gasteiger partial charge on any atom is 0.251 e. The van der Waals surface area contributed by atoms with Gasteiger partial charge in [0.2, 0.25) is 11.8 Å². The maximum absolute atomic E-state index is 12.2. The van der Waals surface area contributed by atoms with Crippen LogP contribution in [0.1, 0.15) is 10.4 Å². The Kier molecular flexibility index (Phi) is 6.57. The molecular formula is C16H21ClN4O3. The van der Waals surface area contributed by atoms with Crippen molar-refractivity contribution in [1.82, 2.24) is 20.4 Å². The lowest BCUT2D eigenvalue weighted by atomic mass is 10.2. The van der Waals surface area contributed by atoms with E-state index in [1.807, 2.05) is 4.90 Å². The van der Waals surface area contributed by atoms with E-state index in [0.29, 0.717) is 43.3 Å². The molecule has 0 aromatic heterocycles. The number of nitrogens with zero attached hydrogens (tertiary/aromatic N) is 2. The summed E-state index contributed by atoms with van der Waals surface area (Å²) >= 11 is 5.85. The lowest BCUT2D eigenvalue weighted by Gasteiger charge is -2.34. The van der Waals surface area contributed by atoms with Crippen LogP contribution in [0.3, 0.4) is 0 Å². The Morgan fingerprint density at radius 3 is 2.50 bits per heavy atom. The van der Waals surface area contributed by atoms with Gasteiger partial charge in [-0.05, 0) is 18.2 Å². The van der Waals surface area contributed by atoms with E-state index in [1.165, 1.54) is 0 Å². The second-order valence-electron chi connectivity index (χ2n) is 5.52. The zero-order valence-electron chi connectivity index (χ0n) is 13.5. The maximum atomic E-state index is 12.2. The number of hydrogen-bond acceptors (Lipinski definition) is 4. The molecule has 3 amide bonds. The number of halogens is 1. The molecule has 0 radical (unpaired) electrons. The molecule has 1 aliphatic heterocycles. The van der Waals surface area contributed by atoms with Gasteiger partial charge in [-0.25, -0.2) is 0 Å². The predicted octanol–water partition coefficient (Wildman–Crippen LogP) is -0.0400. The fourth-order valence-electron chi connectivity index (χ4n) is 2.44. The monoisotopic (exact) mass is 352 g/mol. The smallest absolute Gasteiger partial charge is 0.251 e. The Labute approximate surface area is 145 Å². The van der Waals surface area contributed by atoms with Gasteiger partial charge < -0.3 is 15.5 Å². The Morgan fingerprint density at radius 1 is 1.17 bits per heavy atom. The summed E-state index contributed by atoms with van der Waals surface area (Å²) in [7, 11) is 1.60. The number of piperazine rings is 1. The first-order valence-corrected chi connectivity index (χ1v) is 8.12. The molecule has 1 fully saturated rings. The zero-order valence-corrected chi connectivity index (χ0v) is 14.3. The topological polar surface area (TPSA) is 81.8 Å².